The summed E-state index contributed by atoms with van der Waals surface area (Å²) in [6.07, 6.45) is 9.99. The topological polar surface area (TPSA) is 75.3 Å². The Hall–Kier alpha value is -0.940. The molecule has 0 aromatic heterocycles. The van der Waals surface area contributed by atoms with Crippen molar-refractivity contribution in [3.63, 3.8) is 0 Å². The van der Waals surface area contributed by atoms with Crippen molar-refractivity contribution in [2.24, 2.45) is 57.0 Å². The molecule has 4 fully saturated rings. The van der Waals surface area contributed by atoms with E-state index in [1.807, 2.05) is 6.08 Å². The van der Waals surface area contributed by atoms with E-state index in [0.29, 0.717) is 30.6 Å². The first kappa shape index (κ1) is 36.8. The normalized spacial score (nSPS) is 45.9. The van der Waals surface area contributed by atoms with Crippen LogP contribution < -0.4 is 32.8 Å². The molecule has 4 N–H and O–H groups in total. The summed E-state index contributed by atoms with van der Waals surface area (Å²) in [5.41, 5.74) is 8.90. The summed E-state index contributed by atoms with van der Waals surface area (Å²) in [5.74, 6) is 0.610. The second-order valence-electron chi connectivity index (χ2n) is 18.1. The molecule has 4 saturated carbocycles. The largest absolute Gasteiger partial charge is 0.0131 e. The van der Waals surface area contributed by atoms with E-state index < -0.39 is 55.5 Å². The van der Waals surface area contributed by atoms with Crippen LogP contribution in [0.25, 0.3) is 0 Å². The Morgan fingerprint density at radius 2 is 1.71 bits per heavy atom. The van der Waals surface area contributed by atoms with Crippen molar-refractivity contribution < 1.29 is 47.7 Å². The first-order valence-electron chi connectivity index (χ1n) is 18.4. The quantitative estimate of drug-likeness (QED) is 0.122. The molecule has 0 aliphatic heterocycles. The molecule has 272 valence electrons. The molecule has 4 nitrogen and oxygen atoms in total. The second-order valence-corrected chi connectivity index (χ2v) is 20.6. The number of aliphatic carboxylic acids is 1. The van der Waals surface area contributed by atoms with E-state index in [1.165, 1.54) is 11.1 Å². The summed E-state index contributed by atoms with van der Waals surface area (Å²) in [6, 6.07) is -1.70. The van der Waals surface area contributed by atoms with Gasteiger partial charge < -0.3 is 5.73 Å². The van der Waals surface area contributed by atoms with Crippen molar-refractivity contribution >= 4 is 5.97 Å². The Morgan fingerprint density at radius 1 is 1.00 bits per heavy atom. The van der Waals surface area contributed by atoms with Gasteiger partial charge >= 0.3 is 205 Å². The molecule has 0 heterocycles. The van der Waals surface area contributed by atoms with Crippen LogP contribution in [0.5, 0.6) is 0 Å². The molecule has 48 heavy (non-hydrogen) atoms. The molecule has 0 amide bonds. The Kier molecular flexibility index (Phi) is 9.26. The van der Waals surface area contributed by atoms with Gasteiger partial charge in [-0.1, -0.05) is 12.2 Å². The molecule has 0 spiro atoms. The van der Waals surface area contributed by atoms with Crippen LogP contribution in [-0.2, 0) is 4.79 Å². The van der Waals surface area contributed by atoms with Crippen LogP contribution >= 0.6 is 0 Å². The molecule has 0 bridgehead atoms. The maximum absolute atomic E-state index is 14.2. The smallest absolute Gasteiger partial charge is 0.0131 e. The number of rotatable bonds is 7. The van der Waals surface area contributed by atoms with Crippen LogP contribution in [0.15, 0.2) is 35.5 Å². The Labute approximate surface area is 296 Å². The number of hydrogen-bond acceptors (Lipinski definition) is 3. The average Bonchev–Trinajstić information content (AvgIpc) is 3.39. The SMILES string of the molecule is C=C(C)[C@@H]1CC[C@]2(NC(CN)C(F)(F)F)CC[C@]3(C)[C@H](CC[C@@H]4[C@@]5(C)CC=C(C6=CC[C@]([I-]F)(C(=O)O)CC6)C(C)(C)[C@@H]5CC[C@]43C)[C@@H]12. The molecule has 0 aromatic rings. The fraction of sp³-hybridized carbons (Fsp3) is 0.821. The van der Waals surface area contributed by atoms with Gasteiger partial charge in [-0.25, -0.2) is 0 Å². The summed E-state index contributed by atoms with van der Waals surface area (Å²) < 4.78 is 55.3. The summed E-state index contributed by atoms with van der Waals surface area (Å²) in [4.78, 5) is 12.0. The van der Waals surface area contributed by atoms with E-state index in [4.69, 9.17) is 5.73 Å². The van der Waals surface area contributed by atoms with E-state index >= 15 is 0 Å². The van der Waals surface area contributed by atoms with Gasteiger partial charge in [0.1, 0.15) is 6.04 Å². The Balaban J connectivity index is 1.32. The van der Waals surface area contributed by atoms with E-state index in [2.05, 4.69) is 59.5 Å². The maximum Gasteiger partial charge on any atom is -0.0131 e. The number of allylic oxidation sites excluding steroid dienone is 5. The van der Waals surface area contributed by atoms with Gasteiger partial charge in [0.15, 0.2) is 0 Å². The number of carboxylic acids is 1. The van der Waals surface area contributed by atoms with Crippen LogP contribution in [-0.4, -0.2) is 38.8 Å². The number of alkyl halides is 4. The number of nitrogens with one attached hydrogen (secondary N) is 1. The Bertz CT molecular complexity index is 1390. The summed E-state index contributed by atoms with van der Waals surface area (Å²) >= 11 is -1.90. The minimum atomic E-state index is -4.38. The van der Waals surface area contributed by atoms with Crippen LogP contribution in [0, 0.1) is 51.2 Å². The monoisotopic (exact) mass is 789 g/mol. The summed E-state index contributed by atoms with van der Waals surface area (Å²) in [5, 5.41) is 13.0. The number of nitrogens with two attached hydrogens (primary N) is 1. The summed E-state index contributed by atoms with van der Waals surface area (Å²) in [6.45, 7) is 18.3. The van der Waals surface area contributed by atoms with Gasteiger partial charge in [0.2, 0.25) is 0 Å². The first-order chi connectivity index (χ1) is 22.3. The molecule has 6 rings (SSSR count). The molecule has 0 radical (unpaired) electrons. The third-order valence-electron chi connectivity index (χ3n) is 16.1. The average molecular weight is 790 g/mol. The minimum Gasteiger partial charge on any atom is -0.0131 e. The molecular formula is C39H58F4IN2O2-. The maximum atomic E-state index is 14.2. The zero-order valence-corrected chi connectivity index (χ0v) is 32.0. The molecular weight excluding hydrogens is 731 g/mol. The minimum absolute atomic E-state index is 0.00384. The second kappa shape index (κ2) is 12.1. The van der Waals surface area contributed by atoms with Gasteiger partial charge in [-0.2, -0.15) is 13.2 Å². The van der Waals surface area contributed by atoms with Crippen LogP contribution in [0.1, 0.15) is 119 Å². The third kappa shape index (κ3) is 5.17. The number of carboxylic acid groups (broad SMARTS) is 1. The molecule has 6 aliphatic carbocycles. The van der Waals surface area contributed by atoms with E-state index in [0.717, 1.165) is 63.4 Å². The van der Waals surface area contributed by atoms with Gasteiger partial charge in [-0.3, -0.25) is 5.32 Å². The molecule has 1 unspecified atom stereocenters. The zero-order valence-electron chi connectivity index (χ0n) is 29.8. The number of halogens is 5. The van der Waals surface area contributed by atoms with Crippen molar-refractivity contribution in [3.8, 4) is 0 Å². The predicted molar refractivity (Wildman–Crippen MR) is 178 cm³/mol. The third-order valence-corrected chi connectivity index (χ3v) is 18.3. The predicted octanol–water partition coefficient (Wildman–Crippen LogP) is 6.32. The van der Waals surface area contributed by atoms with Gasteiger partial charge in [-0.05, 0) is 38.0 Å². The number of fused-ring (bicyclic) bond motifs is 7. The van der Waals surface area contributed by atoms with Crippen LogP contribution in [0.3, 0.4) is 0 Å². The first-order valence-corrected chi connectivity index (χ1v) is 20.3. The van der Waals surface area contributed by atoms with E-state index in [9.17, 15) is 25.9 Å². The van der Waals surface area contributed by atoms with Crippen molar-refractivity contribution in [2.75, 3.05) is 6.54 Å². The standard InChI is InChI=1S/C39H58F4IN2O2/c1-23(2)25-12-19-38(46-30(22-45)39(40,41)42)21-20-35(6)27(31(25)38)8-9-29-34(5)15-13-26(33(3,4)28(34)14-16-36(29,35)7)24-10-17-37(44-43,18-11-24)32(47)48/h10,13,25,27-31,46H,1,8-9,11-12,14-22,45H2,2-7H3,(H,47,48)/q-1/t25-,27+,28-,29+,30?,31+,34-,35+,36+,37+,38-/m0/s1. The molecule has 6 aliphatic rings. The number of hydrogen-bond donors (Lipinski definition) is 3. The van der Waals surface area contributed by atoms with E-state index in [1.54, 1.807) is 0 Å². The van der Waals surface area contributed by atoms with E-state index in [-0.39, 0.29) is 39.9 Å². The fourth-order valence-electron chi connectivity index (χ4n) is 13.5. The van der Waals surface area contributed by atoms with Gasteiger partial charge in [-0.15, -0.1) is 0 Å². The van der Waals surface area contributed by atoms with Crippen molar-refractivity contribution in [1.29, 1.82) is 0 Å². The number of carbonyl (C=O) groups is 1. The van der Waals surface area contributed by atoms with Crippen molar-refractivity contribution in [3.05, 3.63) is 35.5 Å². The molecule has 0 saturated heterocycles. The fourth-order valence-corrected chi connectivity index (χ4v) is 14.6. The summed E-state index contributed by atoms with van der Waals surface area (Å²) in [7, 11) is 0. The Morgan fingerprint density at radius 3 is 2.27 bits per heavy atom. The molecule has 0 aromatic carbocycles. The van der Waals surface area contributed by atoms with Crippen LogP contribution in [0.4, 0.5) is 16.0 Å². The van der Waals surface area contributed by atoms with Gasteiger partial charge in [0.25, 0.3) is 0 Å². The van der Waals surface area contributed by atoms with Gasteiger partial charge in [0.05, 0.1) is 0 Å². The van der Waals surface area contributed by atoms with Crippen molar-refractivity contribution in [1.82, 2.24) is 5.32 Å². The molecule has 9 heteroatoms. The van der Waals surface area contributed by atoms with Crippen molar-refractivity contribution in [2.45, 2.75) is 140 Å². The van der Waals surface area contributed by atoms with Gasteiger partial charge in [0, 0.05) is 12.1 Å². The van der Waals surface area contributed by atoms with Crippen LogP contribution in [0.2, 0.25) is 0 Å². The molecule has 11 atom stereocenters. The zero-order chi connectivity index (χ0) is 35.3.